The van der Waals surface area contributed by atoms with Gasteiger partial charge in [0.1, 0.15) is 17.7 Å². The minimum Gasteiger partial charge on any atom is -0.449 e. The summed E-state index contributed by atoms with van der Waals surface area (Å²) in [5.74, 6) is -1.82. The summed E-state index contributed by atoms with van der Waals surface area (Å²) in [6, 6.07) is 3.26. The first-order valence-corrected chi connectivity index (χ1v) is 7.16. The van der Waals surface area contributed by atoms with Crippen LogP contribution in [0.15, 0.2) is 30.9 Å². The van der Waals surface area contributed by atoms with Crippen molar-refractivity contribution in [2.24, 2.45) is 0 Å². The van der Waals surface area contributed by atoms with E-state index in [4.69, 9.17) is 10.5 Å². The lowest BCUT2D eigenvalue weighted by Crippen LogP contribution is -2.30. The third kappa shape index (κ3) is 3.37. The minimum absolute atomic E-state index is 0.0287. The number of benzene rings is 1. The van der Waals surface area contributed by atoms with Crippen LogP contribution >= 0.6 is 0 Å². The standard InChI is InChI=1S/C15H13FN6O3/c1-7(25-15(24)9-3-2-8(16)4-10(9)17)14(23)22-13-11-12(19-5-18-11)20-6-21-13/h2-7H,17H2,1H3,(H2,18,19,20,21,22,23)/t7-/m0/s1. The molecule has 0 spiro atoms. The Morgan fingerprint density at radius 2 is 2.12 bits per heavy atom. The lowest BCUT2D eigenvalue weighted by Gasteiger charge is -2.14. The number of ether oxygens (including phenoxy) is 1. The highest BCUT2D eigenvalue weighted by Gasteiger charge is 2.22. The molecule has 0 saturated heterocycles. The maximum Gasteiger partial charge on any atom is 0.341 e. The molecule has 1 amide bonds. The number of hydrogen-bond donors (Lipinski definition) is 3. The first-order valence-electron chi connectivity index (χ1n) is 7.16. The number of aromatic amines is 1. The van der Waals surface area contributed by atoms with E-state index in [1.807, 2.05) is 0 Å². The Bertz CT molecular complexity index is 957. The first-order chi connectivity index (χ1) is 12.0. The molecule has 4 N–H and O–H groups in total. The van der Waals surface area contributed by atoms with Crippen LogP contribution in [0.5, 0.6) is 0 Å². The number of carbonyl (C=O) groups excluding carboxylic acids is 2. The zero-order valence-corrected chi connectivity index (χ0v) is 13.0. The number of nitrogens with two attached hydrogens (primary N) is 1. The summed E-state index contributed by atoms with van der Waals surface area (Å²) in [6.07, 6.45) is 1.52. The number of esters is 1. The van der Waals surface area contributed by atoms with Crippen LogP contribution in [0.3, 0.4) is 0 Å². The molecule has 0 aliphatic heterocycles. The normalized spacial score (nSPS) is 11.9. The molecule has 0 aliphatic carbocycles. The molecule has 2 aromatic heterocycles. The van der Waals surface area contributed by atoms with Gasteiger partial charge in [-0.05, 0) is 25.1 Å². The number of amides is 1. The Balaban J connectivity index is 1.70. The monoisotopic (exact) mass is 344 g/mol. The molecule has 3 rings (SSSR count). The van der Waals surface area contributed by atoms with E-state index in [2.05, 4.69) is 25.3 Å². The highest BCUT2D eigenvalue weighted by Crippen LogP contribution is 2.17. The van der Waals surface area contributed by atoms with Gasteiger partial charge in [-0.2, -0.15) is 0 Å². The molecule has 0 unspecified atom stereocenters. The number of halogens is 1. The first kappa shape index (κ1) is 16.3. The molecule has 128 valence electrons. The van der Waals surface area contributed by atoms with Gasteiger partial charge in [0, 0.05) is 5.69 Å². The fourth-order valence-electron chi connectivity index (χ4n) is 2.08. The molecule has 0 aliphatic rings. The number of anilines is 2. The summed E-state index contributed by atoms with van der Waals surface area (Å²) < 4.78 is 18.1. The van der Waals surface area contributed by atoms with Crippen molar-refractivity contribution >= 4 is 34.5 Å². The molecule has 3 aromatic rings. The average molecular weight is 344 g/mol. The third-order valence-corrected chi connectivity index (χ3v) is 3.35. The van der Waals surface area contributed by atoms with Gasteiger partial charge in [0.2, 0.25) is 0 Å². The Labute approximate surface area is 140 Å². The molecule has 1 atom stereocenters. The topological polar surface area (TPSA) is 136 Å². The van der Waals surface area contributed by atoms with Gasteiger partial charge in [-0.25, -0.2) is 24.1 Å². The number of imidazole rings is 1. The molecular formula is C15H13FN6O3. The number of rotatable bonds is 4. The van der Waals surface area contributed by atoms with Crippen LogP contribution in [0, 0.1) is 5.82 Å². The number of H-pyrrole nitrogens is 1. The maximum absolute atomic E-state index is 13.0. The molecule has 9 nitrogen and oxygen atoms in total. The van der Waals surface area contributed by atoms with Crippen LogP contribution in [0.2, 0.25) is 0 Å². The van der Waals surface area contributed by atoms with E-state index in [9.17, 15) is 14.0 Å². The maximum atomic E-state index is 13.0. The van der Waals surface area contributed by atoms with Crippen molar-refractivity contribution in [3.63, 3.8) is 0 Å². The van der Waals surface area contributed by atoms with Crippen LogP contribution in [-0.4, -0.2) is 37.9 Å². The van der Waals surface area contributed by atoms with E-state index < -0.39 is 23.8 Å². The summed E-state index contributed by atoms with van der Waals surface area (Å²) in [6.45, 7) is 1.39. The molecule has 10 heteroatoms. The van der Waals surface area contributed by atoms with Crippen molar-refractivity contribution in [1.29, 1.82) is 0 Å². The fraction of sp³-hybridized carbons (Fsp3) is 0.133. The van der Waals surface area contributed by atoms with Crippen molar-refractivity contribution in [2.75, 3.05) is 11.1 Å². The third-order valence-electron chi connectivity index (χ3n) is 3.35. The number of aromatic nitrogens is 4. The van der Waals surface area contributed by atoms with Gasteiger partial charge in [-0.15, -0.1) is 0 Å². The minimum atomic E-state index is -1.13. The van der Waals surface area contributed by atoms with E-state index in [0.29, 0.717) is 11.2 Å². The lowest BCUT2D eigenvalue weighted by molar-refractivity contribution is -0.123. The second-order valence-corrected chi connectivity index (χ2v) is 5.09. The van der Waals surface area contributed by atoms with Gasteiger partial charge >= 0.3 is 5.97 Å². The van der Waals surface area contributed by atoms with Gasteiger partial charge in [-0.1, -0.05) is 0 Å². The SMILES string of the molecule is C[C@H](OC(=O)c1ccc(F)cc1N)C(=O)Nc1ncnc2nc[nH]c12. The van der Waals surface area contributed by atoms with Crippen molar-refractivity contribution in [1.82, 2.24) is 19.9 Å². The van der Waals surface area contributed by atoms with Gasteiger partial charge in [-0.3, -0.25) is 4.79 Å². The second-order valence-electron chi connectivity index (χ2n) is 5.09. The van der Waals surface area contributed by atoms with Crippen molar-refractivity contribution in [2.45, 2.75) is 13.0 Å². The molecule has 0 saturated carbocycles. The summed E-state index contributed by atoms with van der Waals surface area (Å²) in [5.41, 5.74) is 6.30. The number of nitrogens with zero attached hydrogens (tertiary/aromatic N) is 3. The molecule has 2 heterocycles. The Hall–Kier alpha value is -3.56. The Morgan fingerprint density at radius 3 is 2.88 bits per heavy atom. The predicted octanol–water partition coefficient (Wildman–Crippen LogP) is 1.26. The molecule has 0 fully saturated rings. The van der Waals surface area contributed by atoms with E-state index in [1.54, 1.807) is 0 Å². The predicted molar refractivity (Wildman–Crippen MR) is 86.0 cm³/mol. The summed E-state index contributed by atoms with van der Waals surface area (Å²) in [5, 5.41) is 2.52. The number of nitrogen functional groups attached to an aromatic ring is 1. The van der Waals surface area contributed by atoms with Gasteiger partial charge in [0.15, 0.2) is 17.6 Å². The molecule has 25 heavy (non-hydrogen) atoms. The number of fused-ring (bicyclic) bond motifs is 1. The summed E-state index contributed by atoms with van der Waals surface area (Å²) in [7, 11) is 0. The largest absolute Gasteiger partial charge is 0.449 e. The quantitative estimate of drug-likeness (QED) is 0.479. The number of carbonyl (C=O) groups is 2. The van der Waals surface area contributed by atoms with Gasteiger partial charge in [0.05, 0.1) is 11.9 Å². The van der Waals surface area contributed by atoms with E-state index >= 15 is 0 Å². The zero-order valence-electron chi connectivity index (χ0n) is 13.0. The highest BCUT2D eigenvalue weighted by atomic mass is 19.1. The lowest BCUT2D eigenvalue weighted by atomic mass is 10.2. The molecular weight excluding hydrogens is 331 g/mol. The van der Waals surface area contributed by atoms with Crippen molar-refractivity contribution in [3.8, 4) is 0 Å². The van der Waals surface area contributed by atoms with Crippen LogP contribution in [-0.2, 0) is 9.53 Å². The average Bonchev–Trinajstić information content (AvgIpc) is 3.04. The van der Waals surface area contributed by atoms with E-state index in [1.165, 1.54) is 25.6 Å². The van der Waals surface area contributed by atoms with Crippen molar-refractivity contribution < 1.29 is 18.7 Å². The van der Waals surface area contributed by atoms with E-state index in [-0.39, 0.29) is 17.1 Å². The molecule has 1 aromatic carbocycles. The van der Waals surface area contributed by atoms with Crippen LogP contribution in [0.1, 0.15) is 17.3 Å². The smallest absolute Gasteiger partial charge is 0.341 e. The van der Waals surface area contributed by atoms with Gasteiger partial charge < -0.3 is 20.8 Å². The second kappa shape index (κ2) is 6.51. The van der Waals surface area contributed by atoms with Crippen LogP contribution in [0.25, 0.3) is 11.2 Å². The molecule has 0 radical (unpaired) electrons. The Kier molecular flexibility index (Phi) is 4.25. The van der Waals surface area contributed by atoms with Crippen molar-refractivity contribution in [3.05, 3.63) is 42.2 Å². The van der Waals surface area contributed by atoms with Crippen LogP contribution in [0.4, 0.5) is 15.9 Å². The summed E-state index contributed by atoms with van der Waals surface area (Å²) in [4.78, 5) is 38.9. The fourth-order valence-corrected chi connectivity index (χ4v) is 2.08. The zero-order chi connectivity index (χ0) is 18.0. The molecule has 0 bridgehead atoms. The number of nitrogens with one attached hydrogen (secondary N) is 2. The van der Waals surface area contributed by atoms with Gasteiger partial charge in [0.25, 0.3) is 5.91 Å². The highest BCUT2D eigenvalue weighted by molar-refractivity contribution is 6.01. The Morgan fingerprint density at radius 1 is 1.32 bits per heavy atom. The number of hydrogen-bond acceptors (Lipinski definition) is 7. The van der Waals surface area contributed by atoms with E-state index in [0.717, 1.165) is 12.1 Å². The summed E-state index contributed by atoms with van der Waals surface area (Å²) >= 11 is 0. The van der Waals surface area contributed by atoms with Crippen LogP contribution < -0.4 is 11.1 Å².